The number of aliphatic hydroxyl groups is 3. The Morgan fingerprint density at radius 3 is 2.05 bits per heavy atom. The van der Waals surface area contributed by atoms with E-state index in [1.54, 1.807) is 67.6 Å². The number of hydrogen-bond donors (Lipinski definition) is 5. The Morgan fingerprint density at radius 1 is 0.891 bits per heavy atom. The van der Waals surface area contributed by atoms with Gasteiger partial charge in [0.15, 0.2) is 17.5 Å². The molecule has 0 saturated heterocycles. The molecule has 290 valence electrons. The number of para-hydroxylation sites is 3. The summed E-state index contributed by atoms with van der Waals surface area (Å²) < 4.78 is 6.10. The molecule has 3 aromatic carbocycles. The molecule has 8 atom stereocenters. The number of ketones is 1. The number of rotatable bonds is 8. The van der Waals surface area contributed by atoms with Crippen LogP contribution in [0.3, 0.4) is 0 Å². The van der Waals surface area contributed by atoms with E-state index in [9.17, 15) is 34.5 Å². The van der Waals surface area contributed by atoms with E-state index in [0.29, 0.717) is 23.2 Å². The summed E-state index contributed by atoms with van der Waals surface area (Å²) in [6, 6.07) is 19.8. The number of fused-ring (bicyclic) bond motifs is 3. The molecule has 0 aromatic heterocycles. The number of anilines is 3. The zero-order valence-electron chi connectivity index (χ0n) is 31.3. The number of nitrogens with zero attached hydrogens (tertiary/aromatic N) is 1. The highest BCUT2D eigenvalue weighted by atomic mass is 16.6. The first-order valence-electron chi connectivity index (χ1n) is 18.3. The van der Waals surface area contributed by atoms with Crippen molar-refractivity contribution < 1.29 is 39.2 Å². The Bertz CT molecular complexity index is 2120. The molecule has 11 heteroatoms. The number of ether oxygens (including phenoxy) is 1. The van der Waals surface area contributed by atoms with Gasteiger partial charge < -0.3 is 35.6 Å². The van der Waals surface area contributed by atoms with E-state index in [2.05, 4.69) is 24.5 Å². The minimum Gasteiger partial charge on any atom is -0.451 e. The number of carbonyl (C=O) groups is 4. The van der Waals surface area contributed by atoms with Crippen LogP contribution in [-0.2, 0) is 9.53 Å². The van der Waals surface area contributed by atoms with Crippen molar-refractivity contribution in [2.75, 3.05) is 36.2 Å². The first-order chi connectivity index (χ1) is 25.6. The SMILES string of the molecule is C.CC1=CC23C(=O)C(C=C(CO)[C@@H](O)[C@]2(O)[C@H]1OC(=O)c1ccccc1NC(=O)c1ccccc1NC(=O)c1ccccc1N(C)C)C1C(CC3C)C1(C)C. The number of nitrogens with one attached hydrogen (secondary N) is 2. The quantitative estimate of drug-likeness (QED) is 0.140. The Hall–Kier alpha value is -5.10. The highest BCUT2D eigenvalue weighted by Crippen LogP contribution is 2.71. The molecule has 2 fully saturated rings. The van der Waals surface area contributed by atoms with Gasteiger partial charge in [0.25, 0.3) is 11.8 Å². The largest absolute Gasteiger partial charge is 0.451 e. The summed E-state index contributed by atoms with van der Waals surface area (Å²) in [6.45, 7) is 7.21. The summed E-state index contributed by atoms with van der Waals surface area (Å²) in [6.07, 6.45) is 0.766. The lowest BCUT2D eigenvalue weighted by Crippen LogP contribution is -2.65. The minimum absolute atomic E-state index is 0. The number of allylic oxidation sites excluding steroid dienone is 1. The van der Waals surface area contributed by atoms with Gasteiger partial charge in [-0.2, -0.15) is 0 Å². The molecule has 5 unspecified atom stereocenters. The molecule has 1 spiro atoms. The predicted octanol–water partition coefficient (Wildman–Crippen LogP) is 5.89. The van der Waals surface area contributed by atoms with Crippen LogP contribution in [-0.4, -0.2) is 77.4 Å². The highest BCUT2D eigenvalue weighted by molar-refractivity contribution is 6.15. The molecule has 2 saturated carbocycles. The molecule has 11 nitrogen and oxygen atoms in total. The van der Waals surface area contributed by atoms with E-state index in [1.807, 2.05) is 38.1 Å². The van der Waals surface area contributed by atoms with Gasteiger partial charge in [0.1, 0.15) is 6.10 Å². The van der Waals surface area contributed by atoms with Gasteiger partial charge in [0.2, 0.25) is 0 Å². The smallest absolute Gasteiger partial charge is 0.340 e. The van der Waals surface area contributed by atoms with Gasteiger partial charge in [-0.25, -0.2) is 4.79 Å². The van der Waals surface area contributed by atoms with Crippen molar-refractivity contribution >= 4 is 40.6 Å². The van der Waals surface area contributed by atoms with E-state index in [0.717, 1.165) is 0 Å². The van der Waals surface area contributed by atoms with Crippen LogP contribution in [0.15, 0.2) is 96.1 Å². The van der Waals surface area contributed by atoms with Crippen molar-refractivity contribution in [2.45, 2.75) is 59.4 Å². The van der Waals surface area contributed by atoms with Crippen LogP contribution in [0.5, 0.6) is 0 Å². The molecule has 55 heavy (non-hydrogen) atoms. The van der Waals surface area contributed by atoms with E-state index in [-0.39, 0.29) is 58.5 Å². The Morgan fingerprint density at radius 2 is 1.44 bits per heavy atom. The fourth-order valence-corrected chi connectivity index (χ4v) is 9.76. The average Bonchev–Trinajstić information content (AvgIpc) is 3.64. The lowest BCUT2D eigenvalue weighted by Gasteiger charge is -2.48. The lowest BCUT2D eigenvalue weighted by atomic mass is 9.59. The number of Topliss-reactive ketones (excluding diaryl/α,β-unsaturated/α-hetero) is 1. The maximum atomic E-state index is 14.7. The van der Waals surface area contributed by atoms with Crippen LogP contribution >= 0.6 is 0 Å². The van der Waals surface area contributed by atoms with E-state index in [4.69, 9.17) is 4.74 Å². The zero-order valence-corrected chi connectivity index (χ0v) is 31.3. The van der Waals surface area contributed by atoms with E-state index >= 15 is 0 Å². The molecular formula is C44H51N3O8. The summed E-state index contributed by atoms with van der Waals surface area (Å²) >= 11 is 0. The van der Waals surface area contributed by atoms with Crippen molar-refractivity contribution in [2.24, 2.45) is 34.5 Å². The summed E-state index contributed by atoms with van der Waals surface area (Å²) in [5.41, 5.74) is -1.92. The molecule has 5 N–H and O–H groups in total. The van der Waals surface area contributed by atoms with Gasteiger partial charge in [-0.15, -0.1) is 0 Å². The molecule has 4 aliphatic carbocycles. The molecule has 0 heterocycles. The molecule has 7 rings (SSSR count). The van der Waals surface area contributed by atoms with Gasteiger partial charge in [-0.1, -0.05) is 76.7 Å². The first kappa shape index (κ1) is 39.6. The molecule has 2 amide bonds. The summed E-state index contributed by atoms with van der Waals surface area (Å²) in [7, 11) is 3.66. The third-order valence-electron chi connectivity index (χ3n) is 12.6. The van der Waals surface area contributed by atoms with Crippen molar-refractivity contribution in [1.29, 1.82) is 0 Å². The third-order valence-corrected chi connectivity index (χ3v) is 12.6. The summed E-state index contributed by atoms with van der Waals surface area (Å²) in [4.78, 5) is 57.9. The van der Waals surface area contributed by atoms with E-state index < -0.39 is 59.5 Å². The van der Waals surface area contributed by atoms with Gasteiger partial charge in [0.05, 0.1) is 40.1 Å². The van der Waals surface area contributed by atoms with Gasteiger partial charge >= 0.3 is 5.97 Å². The fourth-order valence-electron chi connectivity index (χ4n) is 9.76. The number of esters is 1. The molecule has 4 aliphatic rings. The minimum atomic E-state index is -2.31. The standard InChI is InChI=1S/C43H47N3O8.CH4/c1-23-21-42-24(2)19-30-34(41(30,3)4)29(36(42)49)20-25(22-47)35(48)43(42,53)37(23)54-40(52)27-14-8-11-17-32(27)45-38(50)26-13-7-10-16-31(26)44-39(51)28-15-9-12-18-33(28)46(5)6;/h7-18,20-21,24,29-30,34-35,37,47-48,53H,19,22H2,1-6H3,(H,44,51)(H,45,50);1H4/t24?,29?,30?,34?,35-,37+,42?,43+;/m1./s1. The maximum Gasteiger partial charge on any atom is 0.340 e. The maximum absolute atomic E-state index is 14.7. The first-order valence-corrected chi connectivity index (χ1v) is 18.3. The summed E-state index contributed by atoms with van der Waals surface area (Å²) in [5, 5.41) is 40.8. The molecule has 3 aromatic rings. The van der Waals surface area contributed by atoms with Gasteiger partial charge in [-0.05, 0) is 84.1 Å². The van der Waals surface area contributed by atoms with Crippen LogP contribution in [0.2, 0.25) is 0 Å². The number of aliphatic hydroxyl groups excluding tert-OH is 2. The molecule has 0 aliphatic heterocycles. The predicted molar refractivity (Wildman–Crippen MR) is 211 cm³/mol. The van der Waals surface area contributed by atoms with Crippen LogP contribution in [0, 0.1) is 34.5 Å². The third kappa shape index (κ3) is 6.00. The van der Waals surface area contributed by atoms with Crippen molar-refractivity contribution in [3.05, 3.63) is 113 Å². The lowest BCUT2D eigenvalue weighted by molar-refractivity contribution is -0.190. The van der Waals surface area contributed by atoms with Crippen molar-refractivity contribution in [1.82, 2.24) is 0 Å². The number of amides is 2. The normalized spacial score (nSPS) is 29.8. The van der Waals surface area contributed by atoms with Crippen molar-refractivity contribution in [3.63, 3.8) is 0 Å². The Labute approximate surface area is 322 Å². The fraction of sp³-hybridized carbons (Fsp3) is 0.409. The van der Waals surface area contributed by atoms with Crippen LogP contribution in [0.1, 0.15) is 72.6 Å². The number of benzene rings is 3. The van der Waals surface area contributed by atoms with E-state index in [1.165, 1.54) is 12.1 Å². The van der Waals surface area contributed by atoms with Crippen LogP contribution in [0.25, 0.3) is 0 Å². The number of hydrogen-bond acceptors (Lipinski definition) is 9. The van der Waals surface area contributed by atoms with Gasteiger partial charge in [0, 0.05) is 25.7 Å². The molecule has 0 radical (unpaired) electrons. The zero-order chi connectivity index (χ0) is 38.9. The van der Waals surface area contributed by atoms with Crippen LogP contribution in [0.4, 0.5) is 17.1 Å². The average molecular weight is 750 g/mol. The summed E-state index contributed by atoms with van der Waals surface area (Å²) in [5.74, 6) is -3.04. The Kier molecular flexibility index (Phi) is 10.2. The molecule has 2 bridgehead atoms. The number of carbonyl (C=O) groups excluding carboxylic acids is 4. The second kappa shape index (κ2) is 14.2. The van der Waals surface area contributed by atoms with Crippen molar-refractivity contribution in [3.8, 4) is 0 Å². The monoisotopic (exact) mass is 749 g/mol. The topological polar surface area (TPSA) is 166 Å². The van der Waals surface area contributed by atoms with Crippen LogP contribution < -0.4 is 15.5 Å². The Balaban J connectivity index is 0.00000514. The second-order valence-electron chi connectivity index (χ2n) is 16.1. The van der Waals surface area contributed by atoms with Gasteiger partial charge in [-0.3, -0.25) is 14.4 Å². The molecular weight excluding hydrogens is 698 g/mol. The highest BCUT2D eigenvalue weighted by Gasteiger charge is 2.76. The second-order valence-corrected chi connectivity index (χ2v) is 16.1.